The summed E-state index contributed by atoms with van der Waals surface area (Å²) in [7, 11) is 0. The van der Waals surface area contributed by atoms with Crippen LogP contribution in [0.25, 0.3) is 0 Å². The van der Waals surface area contributed by atoms with Gasteiger partial charge in [0.2, 0.25) is 0 Å². The van der Waals surface area contributed by atoms with Crippen molar-refractivity contribution in [3.05, 3.63) is 35.2 Å². The molecule has 5 saturated carbocycles. The zero-order chi connectivity index (χ0) is 24.5. The molecule has 4 nitrogen and oxygen atoms in total. The van der Waals surface area contributed by atoms with Gasteiger partial charge < -0.3 is 9.84 Å². The van der Waals surface area contributed by atoms with Crippen LogP contribution in [0.2, 0.25) is 0 Å². The summed E-state index contributed by atoms with van der Waals surface area (Å²) in [6, 6.07) is 5.92. The summed E-state index contributed by atoms with van der Waals surface area (Å²) in [5.41, 5.74) is 0.450. The molecule has 10 atom stereocenters. The molecule has 1 N–H and O–H groups in total. The van der Waals surface area contributed by atoms with Crippen LogP contribution in [0.15, 0.2) is 23.8 Å². The maximum atomic E-state index is 13.5. The summed E-state index contributed by atoms with van der Waals surface area (Å²) in [4.78, 5) is 12.2. The minimum atomic E-state index is -0.489. The Labute approximate surface area is 207 Å². The summed E-state index contributed by atoms with van der Waals surface area (Å²) in [5.74, 6) is 7.11. The van der Waals surface area contributed by atoms with E-state index in [-0.39, 0.29) is 23.5 Å². The van der Waals surface area contributed by atoms with Gasteiger partial charge in [-0.05, 0) is 123 Å². The second kappa shape index (κ2) is 8.19. The lowest BCUT2D eigenvalue weighted by Crippen LogP contribution is -2.51. The van der Waals surface area contributed by atoms with Crippen molar-refractivity contribution in [1.82, 2.24) is 0 Å². The Morgan fingerprint density at radius 2 is 1.91 bits per heavy atom. The molecule has 186 valence electrons. The molecule has 1 aromatic carbocycles. The van der Waals surface area contributed by atoms with Gasteiger partial charge in [-0.2, -0.15) is 5.26 Å². The molecule has 5 aliphatic rings. The number of hydrogen-bond acceptors (Lipinski definition) is 4. The molecule has 0 unspecified atom stereocenters. The van der Waals surface area contributed by atoms with Crippen LogP contribution in [-0.4, -0.2) is 23.3 Å². The fraction of sp³-hybridized carbons (Fsp3) is 0.700. The van der Waals surface area contributed by atoms with Crippen molar-refractivity contribution in [1.29, 1.82) is 5.26 Å². The van der Waals surface area contributed by atoms with E-state index in [0.717, 1.165) is 43.4 Å². The van der Waals surface area contributed by atoms with Crippen LogP contribution in [0.4, 0.5) is 4.39 Å². The van der Waals surface area contributed by atoms with Crippen molar-refractivity contribution in [3.8, 4) is 11.8 Å². The van der Waals surface area contributed by atoms with E-state index < -0.39 is 11.4 Å². The normalized spacial score (nSPS) is 45.1. The van der Waals surface area contributed by atoms with E-state index in [0.29, 0.717) is 35.0 Å². The standard InChI is InChI=1S/C30H36FNO3/c1-29(34)9-7-21-17(13-29)3-5-23-22(21)8-10-30(2)27(24-12-25(24)28(23)30)19(15-33)16-35-26-6-4-20(31)11-18(26)14-32/h4,6,11,17,21-25,27-28,34H,3,5,7-10,12-13,16H2,1-2H3/t17-,21+,22-,23-,24+,25-,27+,28-,29-,30-/m1/s1. The number of nitrogens with zero attached hydrogens (tertiary/aromatic N) is 1. The minimum absolute atomic E-state index is 0.0959. The molecule has 1 aromatic rings. The highest BCUT2D eigenvalue weighted by Gasteiger charge is 2.70. The van der Waals surface area contributed by atoms with Gasteiger partial charge >= 0.3 is 0 Å². The molecule has 35 heavy (non-hydrogen) atoms. The average molecular weight is 478 g/mol. The summed E-state index contributed by atoms with van der Waals surface area (Å²) in [6.07, 6.45) is 9.10. The largest absolute Gasteiger partial charge is 0.487 e. The van der Waals surface area contributed by atoms with Crippen LogP contribution < -0.4 is 4.74 Å². The van der Waals surface area contributed by atoms with Crippen molar-refractivity contribution in [2.75, 3.05) is 6.61 Å². The highest BCUT2D eigenvalue weighted by atomic mass is 19.1. The van der Waals surface area contributed by atoms with Crippen LogP contribution in [0, 0.1) is 69.9 Å². The third-order valence-electron chi connectivity index (χ3n) is 11.0. The second-order valence-electron chi connectivity index (χ2n) is 12.8. The van der Waals surface area contributed by atoms with E-state index in [1.165, 1.54) is 43.9 Å². The average Bonchev–Trinajstić information content (AvgIpc) is 3.54. The topological polar surface area (TPSA) is 70.3 Å². The zero-order valence-electron chi connectivity index (χ0n) is 20.8. The molecule has 0 saturated heterocycles. The van der Waals surface area contributed by atoms with Gasteiger partial charge in [0.15, 0.2) is 0 Å². The van der Waals surface area contributed by atoms with Crippen LogP contribution in [0.1, 0.15) is 70.8 Å². The second-order valence-corrected chi connectivity index (χ2v) is 12.8. The van der Waals surface area contributed by atoms with Crippen LogP contribution in [0.5, 0.6) is 5.75 Å². The van der Waals surface area contributed by atoms with E-state index in [9.17, 15) is 19.6 Å². The van der Waals surface area contributed by atoms with E-state index in [2.05, 4.69) is 12.9 Å². The van der Waals surface area contributed by atoms with Crippen LogP contribution >= 0.6 is 0 Å². The summed E-state index contributed by atoms with van der Waals surface area (Å²) in [6.45, 7) is 4.55. The molecule has 0 radical (unpaired) electrons. The monoisotopic (exact) mass is 477 g/mol. The van der Waals surface area contributed by atoms with Gasteiger partial charge in [-0.25, -0.2) is 9.18 Å². The number of ether oxygens (including phenoxy) is 1. The third kappa shape index (κ3) is 3.68. The molecule has 0 bridgehead atoms. The maximum absolute atomic E-state index is 13.5. The van der Waals surface area contributed by atoms with Crippen LogP contribution in [0.3, 0.4) is 0 Å². The lowest BCUT2D eigenvalue weighted by atomic mass is 9.47. The minimum Gasteiger partial charge on any atom is -0.487 e. The Balaban J connectivity index is 1.21. The van der Waals surface area contributed by atoms with Crippen molar-refractivity contribution >= 4 is 5.94 Å². The lowest BCUT2D eigenvalue weighted by Gasteiger charge is -2.58. The number of aliphatic hydroxyl groups is 1. The Kier molecular flexibility index (Phi) is 5.44. The molecule has 0 aliphatic heterocycles. The summed E-state index contributed by atoms with van der Waals surface area (Å²) < 4.78 is 19.5. The smallest absolute Gasteiger partial charge is 0.137 e. The molecule has 0 aromatic heterocycles. The number of nitriles is 1. The number of benzene rings is 1. The van der Waals surface area contributed by atoms with Gasteiger partial charge in [0, 0.05) is 5.92 Å². The van der Waals surface area contributed by atoms with Gasteiger partial charge in [-0.15, -0.1) is 0 Å². The predicted molar refractivity (Wildman–Crippen MR) is 129 cm³/mol. The summed E-state index contributed by atoms with van der Waals surface area (Å²) >= 11 is 0. The number of carbonyl (C=O) groups excluding carboxylic acids is 1. The first kappa shape index (κ1) is 23.3. The fourth-order valence-corrected chi connectivity index (χ4v) is 9.76. The van der Waals surface area contributed by atoms with Gasteiger partial charge in [0.05, 0.1) is 16.7 Å². The highest BCUT2D eigenvalue weighted by Crippen LogP contribution is 2.75. The lowest BCUT2D eigenvalue weighted by molar-refractivity contribution is -0.105. The first-order chi connectivity index (χ1) is 16.8. The van der Waals surface area contributed by atoms with E-state index >= 15 is 0 Å². The maximum Gasteiger partial charge on any atom is 0.137 e. The van der Waals surface area contributed by atoms with Gasteiger partial charge in [0.1, 0.15) is 30.2 Å². The zero-order valence-corrected chi connectivity index (χ0v) is 20.8. The molecular weight excluding hydrogens is 441 g/mol. The number of halogens is 1. The molecule has 5 heteroatoms. The van der Waals surface area contributed by atoms with Crippen molar-refractivity contribution < 1.29 is 19.0 Å². The van der Waals surface area contributed by atoms with E-state index in [1.54, 1.807) is 0 Å². The molecule has 5 aliphatic carbocycles. The molecule has 6 rings (SSSR count). The Morgan fingerprint density at radius 1 is 1.11 bits per heavy atom. The number of fused-ring (bicyclic) bond motifs is 7. The molecule has 0 amide bonds. The first-order valence-corrected chi connectivity index (χ1v) is 13.5. The molecule has 0 heterocycles. The Bertz CT molecular complexity index is 1120. The molecule has 0 spiro atoms. The van der Waals surface area contributed by atoms with E-state index in [1.807, 2.05) is 13.0 Å². The molecule has 5 fully saturated rings. The highest BCUT2D eigenvalue weighted by molar-refractivity contribution is 5.56. The molecular formula is C30H36FNO3. The van der Waals surface area contributed by atoms with Crippen LogP contribution in [-0.2, 0) is 4.79 Å². The van der Waals surface area contributed by atoms with Gasteiger partial charge in [-0.1, -0.05) is 6.92 Å². The van der Waals surface area contributed by atoms with Gasteiger partial charge in [0.25, 0.3) is 0 Å². The van der Waals surface area contributed by atoms with Crippen molar-refractivity contribution in [3.63, 3.8) is 0 Å². The third-order valence-corrected chi connectivity index (χ3v) is 11.0. The Morgan fingerprint density at radius 3 is 2.69 bits per heavy atom. The number of hydrogen-bond donors (Lipinski definition) is 1. The van der Waals surface area contributed by atoms with Crippen molar-refractivity contribution in [2.45, 2.75) is 70.8 Å². The fourth-order valence-electron chi connectivity index (χ4n) is 9.76. The first-order valence-electron chi connectivity index (χ1n) is 13.5. The van der Waals surface area contributed by atoms with Gasteiger partial charge in [-0.3, -0.25) is 0 Å². The Hall–Kier alpha value is -2.15. The van der Waals surface area contributed by atoms with Crippen molar-refractivity contribution in [2.24, 2.45) is 52.8 Å². The predicted octanol–water partition coefficient (Wildman–Crippen LogP) is 5.71. The summed E-state index contributed by atoms with van der Waals surface area (Å²) in [5, 5.41) is 20.0. The number of rotatable bonds is 4. The SMILES string of the molecule is C[C@@]1(O)CC[C@H]2[C@H](CC[C@@H]3[C@@H]2CC[C@@]2(C)[C@H]3[C@@H]3C[C@@H]3[C@@H]2C(=C=O)COc2ccc(F)cc2C#N)C1. The quantitative estimate of drug-likeness (QED) is 0.564. The van der Waals surface area contributed by atoms with E-state index in [4.69, 9.17) is 4.74 Å².